The maximum Gasteiger partial charge on any atom is 0.433 e. The largest absolute Gasteiger partial charge is 0.476 e. The van der Waals surface area contributed by atoms with Gasteiger partial charge in [0.25, 0.3) is 0 Å². The molecule has 0 atom stereocenters. The van der Waals surface area contributed by atoms with Crippen molar-refractivity contribution in [2.75, 3.05) is 0 Å². The molecular formula is C9H5F3N4O2. The molecule has 0 spiro atoms. The van der Waals surface area contributed by atoms with Gasteiger partial charge < -0.3 is 5.11 Å². The Hall–Kier alpha value is -2.45. The van der Waals surface area contributed by atoms with Gasteiger partial charge in [0.05, 0.1) is 0 Å². The highest BCUT2D eigenvalue weighted by Gasteiger charge is 2.32. The van der Waals surface area contributed by atoms with Gasteiger partial charge in [-0.25, -0.2) is 19.7 Å². The molecule has 0 aliphatic heterocycles. The standard InChI is InChI=1S/C9H5F3N4O2/c10-9(11,12)6-1-2-13-8(15-6)16-3-5(7(17)18)14-4-16/h1-4H,(H,17,18). The summed E-state index contributed by atoms with van der Waals surface area (Å²) in [4.78, 5) is 21.0. The lowest BCUT2D eigenvalue weighted by Crippen LogP contribution is -2.11. The Labute approximate surface area is 97.7 Å². The molecule has 0 unspecified atom stereocenters. The number of alkyl halides is 3. The van der Waals surface area contributed by atoms with E-state index in [1.54, 1.807) is 0 Å². The van der Waals surface area contributed by atoms with Crippen LogP contribution in [0.25, 0.3) is 5.95 Å². The fraction of sp³-hybridized carbons (Fsp3) is 0.111. The summed E-state index contributed by atoms with van der Waals surface area (Å²) in [5.41, 5.74) is -1.42. The van der Waals surface area contributed by atoms with Gasteiger partial charge in [-0.15, -0.1) is 0 Å². The molecule has 0 saturated heterocycles. The number of hydrogen-bond acceptors (Lipinski definition) is 4. The first-order valence-corrected chi connectivity index (χ1v) is 4.56. The van der Waals surface area contributed by atoms with Crippen molar-refractivity contribution < 1.29 is 23.1 Å². The van der Waals surface area contributed by atoms with Crippen LogP contribution in [0.3, 0.4) is 0 Å². The molecule has 0 aromatic carbocycles. The number of carbonyl (C=O) groups is 1. The van der Waals surface area contributed by atoms with E-state index >= 15 is 0 Å². The highest BCUT2D eigenvalue weighted by molar-refractivity contribution is 5.85. The highest BCUT2D eigenvalue weighted by Crippen LogP contribution is 2.27. The Bertz CT molecular complexity index is 593. The first kappa shape index (κ1) is 12.0. The van der Waals surface area contributed by atoms with E-state index in [4.69, 9.17) is 5.11 Å². The van der Waals surface area contributed by atoms with Gasteiger partial charge >= 0.3 is 12.1 Å². The fourth-order valence-electron chi connectivity index (χ4n) is 1.17. The summed E-state index contributed by atoms with van der Waals surface area (Å²) in [7, 11) is 0. The van der Waals surface area contributed by atoms with Crippen molar-refractivity contribution in [1.29, 1.82) is 0 Å². The monoisotopic (exact) mass is 258 g/mol. The third-order valence-electron chi connectivity index (χ3n) is 1.97. The first-order valence-electron chi connectivity index (χ1n) is 4.56. The molecule has 9 heteroatoms. The molecule has 2 heterocycles. The Morgan fingerprint density at radius 2 is 2.06 bits per heavy atom. The average Bonchev–Trinajstić information content (AvgIpc) is 2.77. The first-order chi connectivity index (χ1) is 8.38. The predicted molar refractivity (Wildman–Crippen MR) is 51.1 cm³/mol. The zero-order valence-corrected chi connectivity index (χ0v) is 8.59. The van der Waals surface area contributed by atoms with Crippen molar-refractivity contribution in [3.8, 4) is 5.95 Å². The fourth-order valence-corrected chi connectivity index (χ4v) is 1.17. The quantitative estimate of drug-likeness (QED) is 0.880. The zero-order chi connectivity index (χ0) is 13.3. The van der Waals surface area contributed by atoms with Crippen molar-refractivity contribution in [2.24, 2.45) is 0 Å². The van der Waals surface area contributed by atoms with Crippen molar-refractivity contribution in [1.82, 2.24) is 19.5 Å². The van der Waals surface area contributed by atoms with Crippen LogP contribution in [0.2, 0.25) is 0 Å². The molecule has 1 N–H and O–H groups in total. The molecule has 0 aliphatic carbocycles. The Morgan fingerprint density at radius 3 is 2.61 bits per heavy atom. The van der Waals surface area contributed by atoms with Gasteiger partial charge in [-0.2, -0.15) is 13.2 Å². The van der Waals surface area contributed by atoms with Gasteiger partial charge in [-0.3, -0.25) is 4.57 Å². The molecule has 94 valence electrons. The van der Waals surface area contributed by atoms with Crippen molar-refractivity contribution in [2.45, 2.75) is 6.18 Å². The molecule has 0 radical (unpaired) electrons. The number of nitrogens with zero attached hydrogens (tertiary/aromatic N) is 4. The summed E-state index contributed by atoms with van der Waals surface area (Å²) < 4.78 is 38.2. The van der Waals surface area contributed by atoms with E-state index < -0.39 is 17.8 Å². The van der Waals surface area contributed by atoms with Crippen LogP contribution < -0.4 is 0 Å². The van der Waals surface area contributed by atoms with Crippen LogP contribution in [0.5, 0.6) is 0 Å². The van der Waals surface area contributed by atoms with Gasteiger partial charge in [-0.05, 0) is 6.07 Å². The lowest BCUT2D eigenvalue weighted by molar-refractivity contribution is -0.141. The average molecular weight is 258 g/mol. The summed E-state index contributed by atoms with van der Waals surface area (Å²) in [5, 5.41) is 8.63. The smallest absolute Gasteiger partial charge is 0.433 e. The number of rotatable bonds is 2. The third kappa shape index (κ3) is 2.29. The summed E-state index contributed by atoms with van der Waals surface area (Å²) in [6.07, 6.45) is -1.60. The minimum atomic E-state index is -4.59. The molecule has 18 heavy (non-hydrogen) atoms. The summed E-state index contributed by atoms with van der Waals surface area (Å²) in [6.45, 7) is 0. The third-order valence-corrected chi connectivity index (χ3v) is 1.97. The number of imidazole rings is 1. The Kier molecular flexibility index (Phi) is 2.73. The molecule has 0 saturated carbocycles. The van der Waals surface area contributed by atoms with E-state index in [0.717, 1.165) is 29.4 Å². The van der Waals surface area contributed by atoms with Gasteiger partial charge in [0, 0.05) is 12.4 Å². The maximum absolute atomic E-state index is 12.4. The molecule has 0 amide bonds. The molecule has 2 aromatic heterocycles. The number of halogens is 3. The zero-order valence-electron chi connectivity index (χ0n) is 8.59. The molecule has 6 nitrogen and oxygen atoms in total. The van der Waals surface area contributed by atoms with Crippen LogP contribution >= 0.6 is 0 Å². The van der Waals surface area contributed by atoms with Gasteiger partial charge in [0.15, 0.2) is 5.69 Å². The van der Waals surface area contributed by atoms with Crippen LogP contribution in [-0.2, 0) is 6.18 Å². The van der Waals surface area contributed by atoms with Crippen molar-refractivity contribution in [3.63, 3.8) is 0 Å². The highest BCUT2D eigenvalue weighted by atomic mass is 19.4. The van der Waals surface area contributed by atoms with Crippen molar-refractivity contribution in [3.05, 3.63) is 36.2 Å². The van der Waals surface area contributed by atoms with Crippen LogP contribution in [0.15, 0.2) is 24.8 Å². The molecule has 2 rings (SSSR count). The van der Waals surface area contributed by atoms with E-state index in [2.05, 4.69) is 15.0 Å². The van der Waals surface area contributed by atoms with Gasteiger partial charge in [0.1, 0.15) is 12.0 Å². The minimum absolute atomic E-state index is 0.301. The Balaban J connectivity index is 2.41. The lowest BCUT2D eigenvalue weighted by atomic mass is 10.4. The number of hydrogen-bond donors (Lipinski definition) is 1. The number of aromatic nitrogens is 4. The van der Waals surface area contributed by atoms with E-state index in [-0.39, 0.29) is 11.6 Å². The topological polar surface area (TPSA) is 80.9 Å². The van der Waals surface area contributed by atoms with E-state index in [1.165, 1.54) is 0 Å². The second kappa shape index (κ2) is 4.09. The van der Waals surface area contributed by atoms with Crippen molar-refractivity contribution >= 4 is 5.97 Å². The van der Waals surface area contributed by atoms with Crippen LogP contribution in [0.1, 0.15) is 16.2 Å². The van der Waals surface area contributed by atoms with E-state index in [9.17, 15) is 18.0 Å². The van der Waals surface area contributed by atoms with E-state index in [0.29, 0.717) is 0 Å². The summed E-state index contributed by atoms with van der Waals surface area (Å²) >= 11 is 0. The van der Waals surface area contributed by atoms with E-state index in [1.807, 2.05) is 0 Å². The molecule has 0 aliphatic rings. The summed E-state index contributed by atoms with van der Waals surface area (Å²) in [5.74, 6) is -1.59. The van der Waals surface area contributed by atoms with Gasteiger partial charge in [0.2, 0.25) is 5.95 Å². The normalized spacial score (nSPS) is 11.5. The van der Waals surface area contributed by atoms with Crippen LogP contribution in [-0.4, -0.2) is 30.6 Å². The molecule has 2 aromatic rings. The maximum atomic E-state index is 12.4. The van der Waals surface area contributed by atoms with Crippen LogP contribution in [0, 0.1) is 0 Å². The Morgan fingerprint density at radius 1 is 1.33 bits per heavy atom. The molecular weight excluding hydrogens is 253 g/mol. The lowest BCUT2D eigenvalue weighted by Gasteiger charge is -2.06. The predicted octanol–water partition coefficient (Wildman–Crippen LogP) is 1.38. The molecule has 0 bridgehead atoms. The second-order valence-corrected chi connectivity index (χ2v) is 3.21. The summed E-state index contributed by atoms with van der Waals surface area (Å²) in [6, 6.07) is 0.721. The minimum Gasteiger partial charge on any atom is -0.476 e. The second-order valence-electron chi connectivity index (χ2n) is 3.21. The van der Waals surface area contributed by atoms with Gasteiger partial charge in [-0.1, -0.05) is 0 Å². The number of aromatic carboxylic acids is 1. The SMILES string of the molecule is O=C(O)c1cn(-c2nccc(C(F)(F)F)n2)cn1. The van der Waals surface area contributed by atoms with Crippen LogP contribution in [0.4, 0.5) is 13.2 Å². The molecule has 0 fully saturated rings. The number of carboxylic acids is 1. The number of carboxylic acid groups (broad SMARTS) is 1.